The maximum Gasteiger partial charge on any atom is 0.312 e. The number of hydrogen-bond acceptors (Lipinski definition) is 6. The van der Waals surface area contributed by atoms with Crippen LogP contribution in [0.2, 0.25) is 0 Å². The number of aromatic nitrogens is 2. The van der Waals surface area contributed by atoms with Crippen LogP contribution < -0.4 is 10.1 Å². The zero-order valence-electron chi connectivity index (χ0n) is 21.1. The molecule has 190 valence electrons. The lowest BCUT2D eigenvalue weighted by molar-refractivity contribution is -0.386. The van der Waals surface area contributed by atoms with E-state index >= 15 is 0 Å². The third-order valence-corrected chi connectivity index (χ3v) is 6.86. The van der Waals surface area contributed by atoms with Crippen LogP contribution in [-0.4, -0.2) is 52.3 Å². The number of nitro groups is 1. The van der Waals surface area contributed by atoms with Crippen molar-refractivity contribution in [3.05, 3.63) is 86.7 Å². The Morgan fingerprint density at radius 1 is 1.11 bits per heavy atom. The molecular weight excluding hydrogens is 458 g/mol. The Balaban J connectivity index is 1.44. The molecule has 1 fully saturated rings. The van der Waals surface area contributed by atoms with Gasteiger partial charge in [0, 0.05) is 17.7 Å². The highest BCUT2D eigenvalue weighted by molar-refractivity contribution is 5.94. The molecule has 0 unspecified atom stereocenters. The average Bonchev–Trinajstić information content (AvgIpc) is 3.17. The van der Waals surface area contributed by atoms with E-state index in [1.807, 2.05) is 30.3 Å². The summed E-state index contributed by atoms with van der Waals surface area (Å²) < 4.78 is 7.24. The molecule has 0 aliphatic carbocycles. The normalized spacial score (nSPS) is 14.9. The summed E-state index contributed by atoms with van der Waals surface area (Å²) in [7, 11) is 1.68. The number of aryl methyl sites for hydroxylation is 1. The third kappa shape index (κ3) is 5.57. The van der Waals surface area contributed by atoms with Crippen molar-refractivity contribution < 1.29 is 14.5 Å². The Labute approximate surface area is 211 Å². The minimum absolute atomic E-state index is 0.0338. The topological polar surface area (TPSA) is 103 Å². The fourth-order valence-corrected chi connectivity index (χ4v) is 4.94. The van der Waals surface area contributed by atoms with Gasteiger partial charge in [-0.2, -0.15) is 5.10 Å². The zero-order valence-corrected chi connectivity index (χ0v) is 21.1. The molecule has 4 rings (SSSR count). The number of nitrogens with one attached hydrogen (secondary N) is 1. The number of piperidine rings is 1. The molecule has 9 nitrogen and oxygen atoms in total. The van der Waals surface area contributed by atoms with Crippen LogP contribution in [-0.2, 0) is 6.54 Å². The Bertz CT molecular complexity index is 1220. The lowest BCUT2D eigenvalue weighted by Gasteiger charge is -2.35. The lowest BCUT2D eigenvalue weighted by atomic mass is 10.0. The van der Waals surface area contributed by atoms with Gasteiger partial charge in [-0.15, -0.1) is 0 Å². The number of hydrogen-bond donors (Lipinski definition) is 1. The first-order chi connectivity index (χ1) is 17.4. The van der Waals surface area contributed by atoms with Gasteiger partial charge in [0.2, 0.25) is 0 Å². The highest BCUT2D eigenvalue weighted by Gasteiger charge is 2.26. The van der Waals surface area contributed by atoms with E-state index in [1.165, 1.54) is 6.42 Å². The second-order valence-electron chi connectivity index (χ2n) is 9.20. The van der Waals surface area contributed by atoms with Gasteiger partial charge in [0.1, 0.15) is 17.1 Å². The molecule has 9 heteroatoms. The van der Waals surface area contributed by atoms with Crippen LogP contribution in [0.4, 0.5) is 5.69 Å². The molecule has 0 bridgehead atoms. The van der Waals surface area contributed by atoms with Crippen molar-refractivity contribution >= 4 is 11.6 Å². The molecule has 1 aliphatic heterocycles. The molecular formula is C27H33N5O4. The fraction of sp³-hybridized carbons (Fsp3) is 0.407. The number of para-hydroxylation sites is 1. The second kappa shape index (κ2) is 11.3. The van der Waals surface area contributed by atoms with E-state index < -0.39 is 4.92 Å². The lowest BCUT2D eigenvalue weighted by Crippen LogP contribution is -2.40. The van der Waals surface area contributed by atoms with Crippen molar-refractivity contribution in [3.63, 3.8) is 0 Å². The summed E-state index contributed by atoms with van der Waals surface area (Å²) in [5.74, 6) is 0.691. The molecule has 36 heavy (non-hydrogen) atoms. The van der Waals surface area contributed by atoms with E-state index in [9.17, 15) is 14.9 Å². The van der Waals surface area contributed by atoms with Crippen molar-refractivity contribution in [3.8, 4) is 5.75 Å². The molecule has 0 saturated carbocycles. The van der Waals surface area contributed by atoms with E-state index in [0.29, 0.717) is 30.0 Å². The molecule has 1 amide bonds. The summed E-state index contributed by atoms with van der Waals surface area (Å²) in [5, 5.41) is 18.7. The summed E-state index contributed by atoms with van der Waals surface area (Å²) in [4.78, 5) is 26.3. The Hall–Kier alpha value is -3.72. The van der Waals surface area contributed by atoms with Gasteiger partial charge >= 0.3 is 5.69 Å². The first-order valence-corrected chi connectivity index (χ1v) is 12.3. The summed E-state index contributed by atoms with van der Waals surface area (Å²) in [6.07, 6.45) is 3.54. The minimum Gasteiger partial charge on any atom is -0.496 e. The van der Waals surface area contributed by atoms with Gasteiger partial charge in [-0.25, -0.2) is 0 Å². The Morgan fingerprint density at radius 2 is 1.81 bits per heavy atom. The van der Waals surface area contributed by atoms with Gasteiger partial charge < -0.3 is 10.1 Å². The SMILES string of the molecule is COc1ccccc1[C@H](CNC(=O)c1ccc(Cn2nc(C)c([N+](=O)[O-])c2C)cc1)N1CCCCC1. The van der Waals surface area contributed by atoms with E-state index in [1.54, 1.807) is 37.8 Å². The fourth-order valence-electron chi connectivity index (χ4n) is 4.94. The molecule has 1 aliphatic rings. The summed E-state index contributed by atoms with van der Waals surface area (Å²) in [6, 6.07) is 15.3. The maximum atomic E-state index is 13.0. The Kier molecular flexibility index (Phi) is 8.00. The van der Waals surface area contributed by atoms with Crippen LogP contribution in [0.15, 0.2) is 48.5 Å². The van der Waals surface area contributed by atoms with Gasteiger partial charge in [0.05, 0.1) is 24.6 Å². The standard InChI is InChI=1S/C27H33N5O4/c1-19-26(32(34)35)20(2)31(29-19)18-21-11-13-22(14-12-21)27(33)28-17-24(30-15-7-4-8-16-30)23-9-5-6-10-25(23)36-3/h5-6,9-14,24H,4,7-8,15-18H2,1-3H3,(H,28,33)/t24-/m0/s1. The summed E-state index contributed by atoms with van der Waals surface area (Å²) in [6.45, 7) is 6.21. The molecule has 1 aromatic heterocycles. The van der Waals surface area contributed by atoms with Crippen LogP contribution in [0.3, 0.4) is 0 Å². The first-order valence-electron chi connectivity index (χ1n) is 12.3. The smallest absolute Gasteiger partial charge is 0.312 e. The van der Waals surface area contributed by atoms with Crippen LogP contribution in [0.25, 0.3) is 0 Å². The predicted octanol–water partition coefficient (Wildman–Crippen LogP) is 4.42. The number of nitrogens with zero attached hydrogens (tertiary/aromatic N) is 4. The summed E-state index contributed by atoms with van der Waals surface area (Å²) in [5.41, 5.74) is 3.51. The highest BCUT2D eigenvalue weighted by atomic mass is 16.6. The van der Waals surface area contributed by atoms with Gasteiger partial charge in [-0.1, -0.05) is 36.8 Å². The van der Waals surface area contributed by atoms with Gasteiger partial charge in [0.15, 0.2) is 0 Å². The monoisotopic (exact) mass is 491 g/mol. The quantitative estimate of drug-likeness (QED) is 0.351. The van der Waals surface area contributed by atoms with Crippen molar-refractivity contribution in [1.82, 2.24) is 20.0 Å². The molecule has 0 radical (unpaired) electrons. The number of likely N-dealkylation sites (tertiary alicyclic amines) is 1. The van der Waals surface area contributed by atoms with Crippen molar-refractivity contribution in [1.29, 1.82) is 0 Å². The number of benzene rings is 2. The van der Waals surface area contributed by atoms with Crippen molar-refractivity contribution in [2.45, 2.75) is 45.7 Å². The third-order valence-electron chi connectivity index (χ3n) is 6.86. The van der Waals surface area contributed by atoms with Crippen LogP contribution in [0.1, 0.15) is 58.2 Å². The minimum atomic E-state index is -0.399. The number of ether oxygens (including phenoxy) is 1. The number of carbonyl (C=O) groups excluding carboxylic acids is 1. The van der Waals surface area contributed by atoms with Gasteiger partial charge in [0.25, 0.3) is 5.91 Å². The molecule has 1 saturated heterocycles. The Morgan fingerprint density at radius 3 is 2.44 bits per heavy atom. The molecule has 2 aromatic carbocycles. The molecule has 1 atom stereocenters. The number of carbonyl (C=O) groups is 1. The molecule has 1 N–H and O–H groups in total. The number of methoxy groups -OCH3 is 1. The number of rotatable bonds is 9. The maximum absolute atomic E-state index is 13.0. The zero-order chi connectivity index (χ0) is 25.7. The van der Waals surface area contributed by atoms with Gasteiger partial charge in [-0.3, -0.25) is 24.5 Å². The molecule has 2 heterocycles. The van der Waals surface area contributed by atoms with Crippen molar-refractivity contribution in [2.75, 3.05) is 26.7 Å². The van der Waals surface area contributed by atoms with Crippen LogP contribution in [0, 0.1) is 24.0 Å². The number of amides is 1. The summed E-state index contributed by atoms with van der Waals surface area (Å²) >= 11 is 0. The predicted molar refractivity (Wildman–Crippen MR) is 137 cm³/mol. The van der Waals surface area contributed by atoms with E-state index in [2.05, 4.69) is 21.4 Å². The van der Waals surface area contributed by atoms with Gasteiger partial charge in [-0.05, 0) is 63.5 Å². The largest absolute Gasteiger partial charge is 0.496 e. The second-order valence-corrected chi connectivity index (χ2v) is 9.20. The highest BCUT2D eigenvalue weighted by Crippen LogP contribution is 2.31. The van der Waals surface area contributed by atoms with E-state index in [4.69, 9.17) is 4.74 Å². The van der Waals surface area contributed by atoms with E-state index in [0.717, 1.165) is 42.8 Å². The van der Waals surface area contributed by atoms with Crippen LogP contribution in [0.5, 0.6) is 5.75 Å². The van der Waals surface area contributed by atoms with E-state index in [-0.39, 0.29) is 17.6 Å². The first kappa shape index (κ1) is 25.4. The average molecular weight is 492 g/mol. The van der Waals surface area contributed by atoms with Crippen molar-refractivity contribution in [2.24, 2.45) is 0 Å². The van der Waals surface area contributed by atoms with Crippen LogP contribution >= 0.6 is 0 Å². The molecule has 3 aromatic rings. The molecule has 0 spiro atoms.